The van der Waals surface area contributed by atoms with Gasteiger partial charge in [-0.2, -0.15) is 0 Å². The normalized spacial score (nSPS) is 10.2. The predicted octanol–water partition coefficient (Wildman–Crippen LogP) is 3.71. The number of halogens is 2. The fourth-order valence-electron chi connectivity index (χ4n) is 1.76. The summed E-state index contributed by atoms with van der Waals surface area (Å²) >= 11 is 5.86. The predicted molar refractivity (Wildman–Crippen MR) is 81.4 cm³/mol. The molecule has 110 valence electrons. The third-order valence-corrected chi connectivity index (χ3v) is 3.06. The van der Waals surface area contributed by atoms with E-state index < -0.39 is 11.7 Å². The van der Waals surface area contributed by atoms with Gasteiger partial charge in [-0.25, -0.2) is 4.39 Å². The van der Waals surface area contributed by atoms with E-state index in [-0.39, 0.29) is 5.02 Å². The molecule has 1 amide bonds. The summed E-state index contributed by atoms with van der Waals surface area (Å²) in [7, 11) is 0. The molecule has 2 aromatic carbocycles. The maximum absolute atomic E-state index is 13.0. The molecule has 0 unspecified atom stereocenters. The van der Waals surface area contributed by atoms with Crippen molar-refractivity contribution in [3.8, 4) is 5.75 Å². The number of amides is 1. The maximum Gasteiger partial charge on any atom is 0.255 e. The molecule has 0 bridgehead atoms. The number of benzene rings is 2. The second kappa shape index (κ2) is 6.45. The zero-order chi connectivity index (χ0) is 15.4. The molecule has 21 heavy (non-hydrogen) atoms. The highest BCUT2D eigenvalue weighted by Gasteiger charge is 2.11. The highest BCUT2D eigenvalue weighted by Crippen LogP contribution is 2.25. The number of carbonyl (C=O) groups excluding carboxylic acids is 1. The lowest BCUT2D eigenvalue weighted by Crippen LogP contribution is -2.13. The summed E-state index contributed by atoms with van der Waals surface area (Å²) in [5, 5.41) is 2.73. The molecular weight excluding hydrogens is 295 g/mol. The highest BCUT2D eigenvalue weighted by molar-refractivity contribution is 6.33. The zero-order valence-electron chi connectivity index (χ0n) is 11.3. The van der Waals surface area contributed by atoms with Crippen LogP contribution in [0.1, 0.15) is 17.3 Å². The number of ether oxygens (including phenoxy) is 1. The first kappa shape index (κ1) is 15.1. The lowest BCUT2D eigenvalue weighted by atomic mass is 10.1. The van der Waals surface area contributed by atoms with E-state index in [9.17, 15) is 9.18 Å². The molecular formula is C15H14ClFN2O2. The van der Waals surface area contributed by atoms with E-state index in [4.69, 9.17) is 22.1 Å². The SMILES string of the molecule is CCOc1ccc(C(=O)Nc2ccc(F)cc2Cl)cc1N. The summed E-state index contributed by atoms with van der Waals surface area (Å²) in [5.74, 6) is -0.338. The van der Waals surface area contributed by atoms with Crippen LogP contribution in [0.15, 0.2) is 36.4 Å². The fourth-order valence-corrected chi connectivity index (χ4v) is 1.98. The standard InChI is InChI=1S/C15H14ClFN2O2/c1-2-21-14-6-3-9(7-12(14)18)15(20)19-13-5-4-10(17)8-11(13)16/h3-8H,2,18H2,1H3,(H,19,20). The van der Waals surface area contributed by atoms with Crippen LogP contribution in [0.4, 0.5) is 15.8 Å². The van der Waals surface area contributed by atoms with Gasteiger partial charge in [0.1, 0.15) is 11.6 Å². The molecule has 0 saturated carbocycles. The van der Waals surface area contributed by atoms with Crippen LogP contribution in [0.5, 0.6) is 5.75 Å². The summed E-state index contributed by atoms with van der Waals surface area (Å²) in [4.78, 5) is 12.1. The van der Waals surface area contributed by atoms with Gasteiger partial charge in [-0.05, 0) is 43.3 Å². The van der Waals surface area contributed by atoms with Crippen molar-refractivity contribution in [2.75, 3.05) is 17.7 Å². The number of nitrogen functional groups attached to an aromatic ring is 1. The summed E-state index contributed by atoms with van der Waals surface area (Å²) in [6, 6.07) is 8.47. The number of hydrogen-bond donors (Lipinski definition) is 2. The van der Waals surface area contributed by atoms with Crippen LogP contribution in [0.2, 0.25) is 5.02 Å². The number of anilines is 2. The molecule has 0 aromatic heterocycles. The maximum atomic E-state index is 13.0. The van der Waals surface area contributed by atoms with Gasteiger partial charge in [0.2, 0.25) is 0 Å². The highest BCUT2D eigenvalue weighted by atomic mass is 35.5. The van der Waals surface area contributed by atoms with Gasteiger partial charge in [-0.1, -0.05) is 11.6 Å². The Labute approximate surface area is 126 Å². The first-order valence-corrected chi connectivity index (χ1v) is 6.67. The van der Waals surface area contributed by atoms with Crippen LogP contribution in [0, 0.1) is 5.82 Å². The Bertz CT molecular complexity index is 677. The van der Waals surface area contributed by atoms with Gasteiger partial charge in [-0.3, -0.25) is 4.79 Å². The molecule has 0 radical (unpaired) electrons. The van der Waals surface area contributed by atoms with Crippen LogP contribution in [0.25, 0.3) is 0 Å². The number of rotatable bonds is 4. The second-order valence-corrected chi connectivity index (χ2v) is 4.67. The minimum absolute atomic E-state index is 0.127. The minimum Gasteiger partial charge on any atom is -0.492 e. The largest absolute Gasteiger partial charge is 0.492 e. The Morgan fingerprint density at radius 2 is 2.10 bits per heavy atom. The van der Waals surface area contributed by atoms with Crippen molar-refractivity contribution in [2.45, 2.75) is 6.92 Å². The van der Waals surface area contributed by atoms with Crippen molar-refractivity contribution < 1.29 is 13.9 Å². The summed E-state index contributed by atoms with van der Waals surface area (Å²) in [6.45, 7) is 2.33. The van der Waals surface area contributed by atoms with E-state index in [2.05, 4.69) is 5.32 Å². The topological polar surface area (TPSA) is 64.3 Å². The minimum atomic E-state index is -0.469. The third kappa shape index (κ3) is 3.64. The van der Waals surface area contributed by atoms with Crippen molar-refractivity contribution in [1.29, 1.82) is 0 Å². The van der Waals surface area contributed by atoms with Gasteiger partial charge in [0.25, 0.3) is 5.91 Å². The van der Waals surface area contributed by atoms with E-state index in [1.807, 2.05) is 6.92 Å². The number of hydrogen-bond acceptors (Lipinski definition) is 3. The average Bonchev–Trinajstić information content (AvgIpc) is 2.44. The third-order valence-electron chi connectivity index (χ3n) is 2.75. The van der Waals surface area contributed by atoms with Crippen molar-refractivity contribution >= 4 is 28.9 Å². The van der Waals surface area contributed by atoms with Crippen LogP contribution >= 0.6 is 11.6 Å². The summed E-state index contributed by atoms with van der Waals surface area (Å²) in [6.07, 6.45) is 0. The molecule has 0 atom stereocenters. The summed E-state index contributed by atoms with van der Waals surface area (Å²) < 4.78 is 18.3. The first-order valence-electron chi connectivity index (χ1n) is 6.30. The molecule has 3 N–H and O–H groups in total. The second-order valence-electron chi connectivity index (χ2n) is 4.26. The Balaban J connectivity index is 2.18. The molecule has 6 heteroatoms. The van der Waals surface area contributed by atoms with E-state index in [1.165, 1.54) is 18.2 Å². The molecule has 0 spiro atoms. The van der Waals surface area contributed by atoms with Crippen LogP contribution < -0.4 is 15.8 Å². The van der Waals surface area contributed by atoms with Gasteiger partial charge < -0.3 is 15.8 Å². The average molecular weight is 309 g/mol. The quantitative estimate of drug-likeness (QED) is 0.846. The first-order chi connectivity index (χ1) is 10.0. The molecule has 0 saturated heterocycles. The van der Waals surface area contributed by atoms with E-state index >= 15 is 0 Å². The number of nitrogens with two attached hydrogens (primary N) is 1. The Morgan fingerprint density at radius 1 is 1.33 bits per heavy atom. The zero-order valence-corrected chi connectivity index (χ0v) is 12.1. The number of carbonyl (C=O) groups is 1. The number of nitrogens with one attached hydrogen (secondary N) is 1. The van der Waals surface area contributed by atoms with Crippen molar-refractivity contribution in [2.24, 2.45) is 0 Å². The monoisotopic (exact) mass is 308 g/mol. The fraction of sp³-hybridized carbons (Fsp3) is 0.133. The van der Waals surface area contributed by atoms with Crippen molar-refractivity contribution in [3.05, 3.63) is 52.8 Å². The van der Waals surface area contributed by atoms with Gasteiger partial charge in [-0.15, -0.1) is 0 Å². The Morgan fingerprint density at radius 3 is 2.71 bits per heavy atom. The van der Waals surface area contributed by atoms with E-state index in [0.717, 1.165) is 6.07 Å². The lowest BCUT2D eigenvalue weighted by molar-refractivity contribution is 0.102. The molecule has 0 aliphatic heterocycles. The van der Waals surface area contributed by atoms with Gasteiger partial charge >= 0.3 is 0 Å². The van der Waals surface area contributed by atoms with E-state index in [1.54, 1.807) is 12.1 Å². The van der Waals surface area contributed by atoms with Gasteiger partial charge in [0.15, 0.2) is 0 Å². The van der Waals surface area contributed by atoms with Crippen LogP contribution in [0.3, 0.4) is 0 Å². The summed E-state index contributed by atoms with van der Waals surface area (Å²) in [5.41, 5.74) is 6.86. The Hall–Kier alpha value is -2.27. The molecule has 4 nitrogen and oxygen atoms in total. The van der Waals surface area contributed by atoms with Crippen molar-refractivity contribution in [3.63, 3.8) is 0 Å². The molecule has 0 heterocycles. The van der Waals surface area contributed by atoms with Crippen molar-refractivity contribution in [1.82, 2.24) is 0 Å². The van der Waals surface area contributed by atoms with Crippen LogP contribution in [-0.4, -0.2) is 12.5 Å². The Kier molecular flexibility index (Phi) is 4.65. The lowest BCUT2D eigenvalue weighted by Gasteiger charge is -2.10. The molecule has 2 aromatic rings. The molecule has 2 rings (SSSR count). The van der Waals surface area contributed by atoms with Gasteiger partial charge in [0, 0.05) is 5.56 Å². The molecule has 0 aliphatic rings. The smallest absolute Gasteiger partial charge is 0.255 e. The van der Waals surface area contributed by atoms with Crippen LogP contribution in [-0.2, 0) is 0 Å². The molecule has 0 fully saturated rings. The van der Waals surface area contributed by atoms with E-state index in [0.29, 0.717) is 29.3 Å². The van der Waals surface area contributed by atoms with Gasteiger partial charge in [0.05, 0.1) is 23.0 Å². The molecule has 0 aliphatic carbocycles.